The van der Waals surface area contributed by atoms with Crippen molar-refractivity contribution in [3.8, 4) is 0 Å². The van der Waals surface area contributed by atoms with Gasteiger partial charge in [-0.2, -0.15) is 0 Å². The molecule has 124 valence electrons. The molecule has 2 aromatic carbocycles. The van der Waals surface area contributed by atoms with Gasteiger partial charge in [0, 0.05) is 0 Å². The minimum absolute atomic E-state index is 0.481. The van der Waals surface area contributed by atoms with Gasteiger partial charge in [0.2, 0.25) is 0 Å². The summed E-state index contributed by atoms with van der Waals surface area (Å²) in [5.41, 5.74) is 6.67. The summed E-state index contributed by atoms with van der Waals surface area (Å²) in [6.45, 7) is 8.61. The molecule has 0 radical (unpaired) electrons. The van der Waals surface area contributed by atoms with Crippen LogP contribution in [0.1, 0.15) is 11.1 Å². The first kappa shape index (κ1) is 18.4. The lowest BCUT2D eigenvalue weighted by atomic mass is 10.2. The first-order valence-corrected chi connectivity index (χ1v) is 14.5. The van der Waals surface area contributed by atoms with Crippen LogP contribution in [0.25, 0.3) is 12.2 Å². The van der Waals surface area contributed by atoms with Gasteiger partial charge in [-0.25, -0.2) is 0 Å². The predicted molar refractivity (Wildman–Crippen MR) is 111 cm³/mol. The van der Waals surface area contributed by atoms with Crippen molar-refractivity contribution in [1.82, 2.24) is 0 Å². The minimum atomic E-state index is -2.07. The Morgan fingerprint density at radius 3 is 1.33 bits per heavy atom. The number of carbonyl (C=O) groups is 1. The zero-order valence-electron chi connectivity index (χ0n) is 15.0. The van der Waals surface area contributed by atoms with Crippen LogP contribution in [-0.4, -0.2) is 21.2 Å². The van der Waals surface area contributed by atoms with E-state index >= 15 is 0 Å². The monoisotopic (exact) mass is 350 g/mol. The molecular weight excluding hydrogens is 324 g/mol. The lowest BCUT2D eigenvalue weighted by Gasteiger charge is -2.26. The van der Waals surface area contributed by atoms with Crippen LogP contribution in [-0.2, 0) is 0 Å². The molecule has 2 rings (SSSR count). The van der Waals surface area contributed by atoms with Crippen LogP contribution < -0.4 is 0 Å². The van der Waals surface area contributed by atoms with E-state index in [1.165, 1.54) is 0 Å². The van der Waals surface area contributed by atoms with Crippen LogP contribution in [0.3, 0.4) is 0 Å². The Labute approximate surface area is 147 Å². The number of benzene rings is 2. The molecule has 24 heavy (non-hydrogen) atoms. The van der Waals surface area contributed by atoms with E-state index in [4.69, 9.17) is 0 Å². The predicted octanol–water partition coefficient (Wildman–Crippen LogP) is 6.19. The molecule has 0 atom stereocenters. The Morgan fingerprint density at radius 2 is 1.00 bits per heavy atom. The van der Waals surface area contributed by atoms with E-state index in [0.717, 1.165) is 11.1 Å². The first-order valence-electron chi connectivity index (χ1n) is 8.35. The second kappa shape index (κ2) is 7.73. The van der Waals surface area contributed by atoms with Gasteiger partial charge < -0.3 is 4.79 Å². The molecular formula is C21H26OSi2. The third-order valence-corrected chi connectivity index (χ3v) is 12.4. The Bertz CT molecular complexity index is 665. The molecule has 0 spiro atoms. The highest BCUT2D eigenvalue weighted by Crippen LogP contribution is 2.20. The largest absolute Gasteiger partial charge is 0.310 e. The summed E-state index contributed by atoms with van der Waals surface area (Å²) in [6, 6.07) is 20.4. The van der Waals surface area contributed by atoms with Gasteiger partial charge in [-0.3, -0.25) is 0 Å². The zero-order valence-corrected chi connectivity index (χ0v) is 17.0. The third-order valence-electron chi connectivity index (χ3n) is 4.15. The highest BCUT2D eigenvalue weighted by atomic mass is 28.4. The van der Waals surface area contributed by atoms with E-state index in [9.17, 15) is 4.79 Å². The van der Waals surface area contributed by atoms with Crippen molar-refractivity contribution in [2.24, 2.45) is 0 Å². The first-order chi connectivity index (χ1) is 11.3. The molecule has 0 aliphatic rings. The average molecular weight is 351 g/mol. The van der Waals surface area contributed by atoms with E-state index in [1.807, 2.05) is 36.4 Å². The molecule has 3 heteroatoms. The van der Waals surface area contributed by atoms with Gasteiger partial charge in [0.05, 0.1) is 0 Å². The van der Waals surface area contributed by atoms with Crippen LogP contribution in [0.15, 0.2) is 72.1 Å². The van der Waals surface area contributed by atoms with Crippen LogP contribution in [0.4, 0.5) is 4.79 Å². The lowest BCUT2D eigenvalue weighted by Crippen LogP contribution is -2.50. The van der Waals surface area contributed by atoms with E-state index in [1.54, 1.807) is 0 Å². The summed E-state index contributed by atoms with van der Waals surface area (Å²) in [5.74, 6) is 0. The van der Waals surface area contributed by atoms with Crippen molar-refractivity contribution in [3.05, 3.63) is 83.2 Å². The van der Waals surface area contributed by atoms with Gasteiger partial charge >= 0.3 is 0 Å². The molecule has 0 saturated heterocycles. The summed E-state index contributed by atoms with van der Waals surface area (Å²) in [5, 5.41) is 0.481. The second-order valence-electron chi connectivity index (χ2n) is 7.26. The molecule has 2 aromatic rings. The van der Waals surface area contributed by atoms with Gasteiger partial charge in [0.1, 0.15) is 21.2 Å². The van der Waals surface area contributed by atoms with Crippen molar-refractivity contribution >= 4 is 33.3 Å². The third kappa shape index (κ3) is 5.01. The maximum absolute atomic E-state index is 13.1. The molecule has 0 aromatic heterocycles. The molecule has 0 aliphatic heterocycles. The Balaban J connectivity index is 2.15. The molecule has 0 heterocycles. The maximum Gasteiger partial charge on any atom is 0.144 e. The fourth-order valence-electron chi connectivity index (χ4n) is 2.72. The van der Waals surface area contributed by atoms with Crippen molar-refractivity contribution in [1.29, 1.82) is 0 Å². The number of carbonyl (C=O) groups excluding carboxylic acids is 1. The number of hydrogen-bond donors (Lipinski definition) is 0. The minimum Gasteiger partial charge on any atom is -0.310 e. The summed E-state index contributed by atoms with van der Waals surface area (Å²) in [6.07, 6.45) is 4.21. The fraction of sp³-hybridized carbons (Fsp3) is 0.190. The average Bonchev–Trinajstić information content (AvgIpc) is 2.59. The smallest absolute Gasteiger partial charge is 0.144 e. The van der Waals surface area contributed by atoms with E-state index < -0.39 is 16.1 Å². The summed E-state index contributed by atoms with van der Waals surface area (Å²) in [7, 11) is -4.14. The number of hydrogen-bond acceptors (Lipinski definition) is 1. The zero-order chi connectivity index (χ0) is 17.6. The summed E-state index contributed by atoms with van der Waals surface area (Å²) in [4.78, 5) is 13.1. The van der Waals surface area contributed by atoms with E-state index in [2.05, 4.69) is 74.0 Å². The van der Waals surface area contributed by atoms with Gasteiger partial charge in [-0.15, -0.1) is 0 Å². The quantitative estimate of drug-likeness (QED) is 0.567. The van der Waals surface area contributed by atoms with Crippen LogP contribution in [0, 0.1) is 0 Å². The molecule has 0 amide bonds. The van der Waals surface area contributed by atoms with Crippen LogP contribution in [0.2, 0.25) is 26.2 Å². The molecule has 1 nitrogen and oxygen atoms in total. The summed E-state index contributed by atoms with van der Waals surface area (Å²) >= 11 is 0. The molecule has 0 bridgehead atoms. The maximum atomic E-state index is 13.1. The van der Waals surface area contributed by atoms with Gasteiger partial charge in [-0.05, 0) is 11.1 Å². The molecule has 0 unspecified atom stereocenters. The Hall–Kier alpha value is -1.98. The standard InChI is InChI=1S/C21H26OSi2/c1-23(2,17-15-19-11-7-5-8-12-19)21(22)24(3,4)18-16-20-13-9-6-10-14-20/h5-18H,1-4H3. The topological polar surface area (TPSA) is 17.1 Å². The van der Waals surface area contributed by atoms with Gasteiger partial charge in [-0.1, -0.05) is 110 Å². The van der Waals surface area contributed by atoms with Crippen molar-refractivity contribution in [3.63, 3.8) is 0 Å². The molecule has 0 saturated carbocycles. The van der Waals surface area contributed by atoms with E-state index in [0.29, 0.717) is 5.03 Å². The summed E-state index contributed by atoms with van der Waals surface area (Å²) < 4.78 is 0. The fourth-order valence-corrected chi connectivity index (χ4v) is 11.4. The van der Waals surface area contributed by atoms with Crippen LogP contribution >= 0.6 is 0 Å². The number of rotatable bonds is 6. The van der Waals surface area contributed by atoms with Crippen molar-refractivity contribution in [2.45, 2.75) is 26.2 Å². The highest BCUT2D eigenvalue weighted by Gasteiger charge is 2.38. The van der Waals surface area contributed by atoms with Crippen molar-refractivity contribution < 1.29 is 4.79 Å². The van der Waals surface area contributed by atoms with Crippen LogP contribution in [0.5, 0.6) is 0 Å². The van der Waals surface area contributed by atoms with Crippen molar-refractivity contribution in [2.75, 3.05) is 0 Å². The molecule has 0 aliphatic carbocycles. The second-order valence-corrected chi connectivity index (χ2v) is 16.2. The SMILES string of the molecule is C[Si](C)(C=Cc1ccccc1)C(=O)[Si](C)(C)C=Cc1ccccc1. The Kier molecular flexibility index (Phi) is 5.91. The Morgan fingerprint density at radius 1 is 0.667 bits per heavy atom. The van der Waals surface area contributed by atoms with Gasteiger partial charge in [0.25, 0.3) is 0 Å². The molecule has 0 fully saturated rings. The van der Waals surface area contributed by atoms with Gasteiger partial charge in [0.15, 0.2) is 0 Å². The highest BCUT2D eigenvalue weighted by molar-refractivity contribution is 7.35. The van der Waals surface area contributed by atoms with E-state index in [-0.39, 0.29) is 0 Å². The lowest BCUT2D eigenvalue weighted by molar-refractivity contribution is 0.272. The molecule has 0 N–H and O–H groups in total. The normalized spacial score (nSPS) is 12.8.